The summed E-state index contributed by atoms with van der Waals surface area (Å²) < 4.78 is 0. The minimum absolute atomic E-state index is 0.687. The molecule has 6 heteroatoms. The molecule has 0 saturated carbocycles. The summed E-state index contributed by atoms with van der Waals surface area (Å²) in [4.78, 5) is 8.46. The van der Waals surface area contributed by atoms with Gasteiger partial charge in [0.15, 0.2) is 11.8 Å². The Balaban J connectivity index is 1.50. The van der Waals surface area contributed by atoms with Gasteiger partial charge in [-0.1, -0.05) is 48.5 Å². The van der Waals surface area contributed by atoms with Gasteiger partial charge in [-0.25, -0.2) is 4.98 Å². The SMILES string of the molecule is CN=C(NCCc1ccccc1)NCc1cccc(-c2ncn[nH]2)c1. The molecule has 0 fully saturated rings. The van der Waals surface area contributed by atoms with Crippen molar-refractivity contribution in [2.75, 3.05) is 13.6 Å². The molecular formula is C19H22N6. The van der Waals surface area contributed by atoms with Crippen LogP contribution in [-0.4, -0.2) is 34.7 Å². The van der Waals surface area contributed by atoms with Crippen LogP contribution in [0, 0.1) is 0 Å². The van der Waals surface area contributed by atoms with Crippen LogP contribution in [0.4, 0.5) is 0 Å². The molecule has 1 aromatic heterocycles. The number of rotatable bonds is 6. The fourth-order valence-electron chi connectivity index (χ4n) is 2.55. The number of guanidine groups is 1. The predicted octanol–water partition coefficient (Wildman–Crippen LogP) is 2.38. The summed E-state index contributed by atoms with van der Waals surface area (Å²) in [5.74, 6) is 1.56. The van der Waals surface area contributed by atoms with Gasteiger partial charge in [0.2, 0.25) is 0 Å². The highest BCUT2D eigenvalue weighted by atomic mass is 15.2. The Morgan fingerprint density at radius 1 is 1.04 bits per heavy atom. The van der Waals surface area contributed by atoms with Crippen LogP contribution in [0.2, 0.25) is 0 Å². The molecule has 128 valence electrons. The predicted molar refractivity (Wildman–Crippen MR) is 100 cm³/mol. The zero-order valence-corrected chi connectivity index (χ0v) is 14.2. The first kappa shape index (κ1) is 16.7. The number of nitrogens with zero attached hydrogens (tertiary/aromatic N) is 3. The van der Waals surface area contributed by atoms with Crippen LogP contribution in [0.1, 0.15) is 11.1 Å². The first-order valence-electron chi connectivity index (χ1n) is 8.28. The second kappa shape index (κ2) is 8.63. The number of H-pyrrole nitrogens is 1. The maximum Gasteiger partial charge on any atom is 0.191 e. The summed E-state index contributed by atoms with van der Waals surface area (Å²) in [5, 5.41) is 13.5. The van der Waals surface area contributed by atoms with E-state index in [-0.39, 0.29) is 0 Å². The molecule has 25 heavy (non-hydrogen) atoms. The fraction of sp³-hybridized carbons (Fsp3) is 0.211. The molecule has 0 radical (unpaired) electrons. The van der Waals surface area contributed by atoms with E-state index in [0.717, 1.165) is 35.9 Å². The van der Waals surface area contributed by atoms with E-state index in [2.05, 4.69) is 67.2 Å². The Morgan fingerprint density at radius 3 is 2.64 bits per heavy atom. The summed E-state index contributed by atoms with van der Waals surface area (Å²) >= 11 is 0. The van der Waals surface area contributed by atoms with E-state index in [9.17, 15) is 0 Å². The van der Waals surface area contributed by atoms with Crippen molar-refractivity contribution in [3.8, 4) is 11.4 Å². The van der Waals surface area contributed by atoms with Crippen molar-refractivity contribution in [3.05, 3.63) is 72.1 Å². The number of aromatic amines is 1. The van der Waals surface area contributed by atoms with Crippen molar-refractivity contribution in [2.45, 2.75) is 13.0 Å². The van der Waals surface area contributed by atoms with Gasteiger partial charge in [0.1, 0.15) is 6.33 Å². The van der Waals surface area contributed by atoms with Gasteiger partial charge in [0, 0.05) is 25.7 Å². The summed E-state index contributed by atoms with van der Waals surface area (Å²) in [7, 11) is 1.78. The van der Waals surface area contributed by atoms with Crippen molar-refractivity contribution in [2.24, 2.45) is 4.99 Å². The Kier molecular flexibility index (Phi) is 5.77. The summed E-state index contributed by atoms with van der Waals surface area (Å²) in [5.41, 5.74) is 3.48. The van der Waals surface area contributed by atoms with Gasteiger partial charge in [-0.05, 0) is 23.6 Å². The third kappa shape index (κ3) is 4.91. The minimum Gasteiger partial charge on any atom is -0.356 e. The fourth-order valence-corrected chi connectivity index (χ4v) is 2.55. The molecule has 0 amide bonds. The lowest BCUT2D eigenvalue weighted by atomic mass is 10.1. The average molecular weight is 334 g/mol. The third-order valence-corrected chi connectivity index (χ3v) is 3.85. The highest BCUT2D eigenvalue weighted by Crippen LogP contribution is 2.15. The van der Waals surface area contributed by atoms with Crippen LogP contribution in [-0.2, 0) is 13.0 Å². The van der Waals surface area contributed by atoms with E-state index < -0.39 is 0 Å². The van der Waals surface area contributed by atoms with E-state index in [0.29, 0.717) is 6.54 Å². The van der Waals surface area contributed by atoms with E-state index in [1.165, 1.54) is 11.9 Å². The Bertz CT molecular complexity index is 796. The highest BCUT2D eigenvalue weighted by molar-refractivity contribution is 5.79. The first-order valence-corrected chi connectivity index (χ1v) is 8.28. The average Bonchev–Trinajstić information content (AvgIpc) is 3.20. The molecule has 3 rings (SSSR count). The van der Waals surface area contributed by atoms with Crippen molar-refractivity contribution < 1.29 is 0 Å². The molecule has 0 aliphatic heterocycles. The number of hydrogen-bond acceptors (Lipinski definition) is 3. The number of aliphatic imine (C=N–C) groups is 1. The maximum absolute atomic E-state index is 4.27. The van der Waals surface area contributed by atoms with Gasteiger partial charge in [-0.2, -0.15) is 5.10 Å². The number of nitrogens with one attached hydrogen (secondary N) is 3. The van der Waals surface area contributed by atoms with Crippen molar-refractivity contribution in [3.63, 3.8) is 0 Å². The van der Waals surface area contributed by atoms with Gasteiger partial charge in [-0.15, -0.1) is 0 Å². The molecule has 3 aromatic rings. The van der Waals surface area contributed by atoms with Crippen LogP contribution in [0.5, 0.6) is 0 Å². The molecule has 0 unspecified atom stereocenters. The summed E-state index contributed by atoms with van der Waals surface area (Å²) in [6.45, 7) is 1.52. The molecule has 6 nitrogen and oxygen atoms in total. The zero-order chi connectivity index (χ0) is 17.3. The Labute approximate surface area is 147 Å². The van der Waals surface area contributed by atoms with Crippen LogP contribution >= 0.6 is 0 Å². The van der Waals surface area contributed by atoms with E-state index in [1.807, 2.05) is 18.2 Å². The molecule has 3 N–H and O–H groups in total. The van der Waals surface area contributed by atoms with Gasteiger partial charge in [0.25, 0.3) is 0 Å². The van der Waals surface area contributed by atoms with Crippen molar-refractivity contribution >= 4 is 5.96 Å². The quantitative estimate of drug-likeness (QED) is 0.478. The second-order valence-electron chi connectivity index (χ2n) is 5.62. The third-order valence-electron chi connectivity index (χ3n) is 3.85. The van der Waals surface area contributed by atoms with Crippen molar-refractivity contribution in [1.82, 2.24) is 25.8 Å². The Hall–Kier alpha value is -3.15. The van der Waals surface area contributed by atoms with Gasteiger partial charge >= 0.3 is 0 Å². The largest absolute Gasteiger partial charge is 0.356 e. The van der Waals surface area contributed by atoms with E-state index in [1.54, 1.807) is 7.05 Å². The smallest absolute Gasteiger partial charge is 0.191 e. The topological polar surface area (TPSA) is 78.0 Å². The van der Waals surface area contributed by atoms with Gasteiger partial charge in [-0.3, -0.25) is 10.1 Å². The molecule has 0 spiro atoms. The van der Waals surface area contributed by atoms with Gasteiger partial charge in [0.05, 0.1) is 0 Å². The van der Waals surface area contributed by atoms with E-state index >= 15 is 0 Å². The molecule has 1 heterocycles. The van der Waals surface area contributed by atoms with Crippen LogP contribution in [0.15, 0.2) is 65.9 Å². The standard InChI is InChI=1S/C19H22N6/c1-20-19(21-11-10-15-6-3-2-4-7-15)22-13-16-8-5-9-17(12-16)18-23-14-24-25-18/h2-9,12,14H,10-11,13H2,1H3,(H2,20,21,22)(H,23,24,25). The Morgan fingerprint density at radius 2 is 1.88 bits per heavy atom. The summed E-state index contributed by atoms with van der Waals surface area (Å²) in [6, 6.07) is 18.6. The molecular weight excluding hydrogens is 312 g/mol. The number of aromatic nitrogens is 3. The molecule has 0 bridgehead atoms. The molecule has 0 saturated heterocycles. The second-order valence-corrected chi connectivity index (χ2v) is 5.62. The zero-order valence-electron chi connectivity index (χ0n) is 14.2. The lowest BCUT2D eigenvalue weighted by molar-refractivity contribution is 0.795. The lowest BCUT2D eigenvalue weighted by Gasteiger charge is -2.12. The molecule has 0 aliphatic rings. The normalized spacial score (nSPS) is 11.3. The molecule has 2 aromatic carbocycles. The first-order chi connectivity index (χ1) is 12.3. The van der Waals surface area contributed by atoms with Crippen LogP contribution in [0.3, 0.4) is 0 Å². The van der Waals surface area contributed by atoms with Gasteiger partial charge < -0.3 is 10.6 Å². The molecule has 0 atom stereocenters. The monoisotopic (exact) mass is 334 g/mol. The van der Waals surface area contributed by atoms with Crippen LogP contribution < -0.4 is 10.6 Å². The number of benzene rings is 2. The highest BCUT2D eigenvalue weighted by Gasteiger charge is 2.03. The summed E-state index contributed by atoms with van der Waals surface area (Å²) in [6.07, 6.45) is 2.47. The van der Waals surface area contributed by atoms with E-state index in [4.69, 9.17) is 0 Å². The minimum atomic E-state index is 0.687. The maximum atomic E-state index is 4.27. The lowest BCUT2D eigenvalue weighted by Crippen LogP contribution is -2.37. The molecule has 0 aliphatic carbocycles. The number of hydrogen-bond donors (Lipinski definition) is 3. The van der Waals surface area contributed by atoms with Crippen molar-refractivity contribution in [1.29, 1.82) is 0 Å². The van der Waals surface area contributed by atoms with Crippen LogP contribution in [0.25, 0.3) is 11.4 Å².